The molecule has 0 saturated heterocycles. The Morgan fingerprint density at radius 2 is 2.06 bits per heavy atom. The first-order chi connectivity index (χ1) is 7.81. The molecule has 1 aromatic rings. The summed E-state index contributed by atoms with van der Waals surface area (Å²) in [6.45, 7) is 1.23. The minimum absolute atomic E-state index is 0.0759. The highest BCUT2D eigenvalue weighted by Crippen LogP contribution is 2.33. The molecule has 0 aliphatic carbocycles. The van der Waals surface area contributed by atoms with Gasteiger partial charge in [0.2, 0.25) is 0 Å². The molecule has 90 valence electrons. The molecule has 0 amide bonds. The SMILES string of the molecule is Cc1cc(C(=O)CCl)c(C#N)cc1C(F)(F)F. The molecule has 0 aliphatic rings. The summed E-state index contributed by atoms with van der Waals surface area (Å²) in [5.74, 6) is -0.945. The molecule has 0 saturated carbocycles. The zero-order chi connectivity index (χ0) is 13.2. The second kappa shape index (κ2) is 4.76. The molecule has 0 heterocycles. The first kappa shape index (κ1) is 13.5. The van der Waals surface area contributed by atoms with Gasteiger partial charge in [-0.3, -0.25) is 4.79 Å². The van der Waals surface area contributed by atoms with Crippen molar-refractivity contribution in [3.8, 4) is 6.07 Å². The van der Waals surface area contributed by atoms with Crippen LogP contribution in [0.25, 0.3) is 0 Å². The normalized spacial score (nSPS) is 11.1. The fourth-order valence-corrected chi connectivity index (χ4v) is 1.55. The van der Waals surface area contributed by atoms with Crippen LogP contribution in [0.4, 0.5) is 13.2 Å². The number of carbonyl (C=O) groups is 1. The third-order valence-corrected chi connectivity index (χ3v) is 2.45. The van der Waals surface area contributed by atoms with E-state index >= 15 is 0 Å². The van der Waals surface area contributed by atoms with Crippen molar-refractivity contribution in [2.75, 3.05) is 5.88 Å². The summed E-state index contributed by atoms with van der Waals surface area (Å²) in [5.41, 5.74) is -1.41. The number of hydrogen-bond acceptors (Lipinski definition) is 2. The highest BCUT2D eigenvalue weighted by Gasteiger charge is 2.33. The van der Waals surface area contributed by atoms with Crippen LogP contribution in [-0.4, -0.2) is 11.7 Å². The Morgan fingerprint density at radius 1 is 1.47 bits per heavy atom. The van der Waals surface area contributed by atoms with Gasteiger partial charge >= 0.3 is 6.18 Å². The summed E-state index contributed by atoms with van der Waals surface area (Å²) in [5, 5.41) is 8.73. The van der Waals surface area contributed by atoms with E-state index in [4.69, 9.17) is 16.9 Å². The average Bonchev–Trinajstić information content (AvgIpc) is 2.26. The number of carbonyl (C=O) groups excluding carboxylic acids is 1. The Labute approximate surface area is 101 Å². The van der Waals surface area contributed by atoms with E-state index in [2.05, 4.69) is 0 Å². The Morgan fingerprint density at radius 3 is 2.47 bits per heavy atom. The van der Waals surface area contributed by atoms with Gasteiger partial charge in [-0.05, 0) is 24.6 Å². The molecule has 0 N–H and O–H groups in total. The summed E-state index contributed by atoms with van der Waals surface area (Å²) in [6, 6.07) is 3.29. The monoisotopic (exact) mass is 261 g/mol. The van der Waals surface area contributed by atoms with Crippen molar-refractivity contribution in [2.24, 2.45) is 0 Å². The summed E-state index contributed by atoms with van der Waals surface area (Å²) < 4.78 is 37.7. The van der Waals surface area contributed by atoms with Crippen LogP contribution in [-0.2, 0) is 6.18 Å². The van der Waals surface area contributed by atoms with Crippen molar-refractivity contribution in [3.05, 3.63) is 34.4 Å². The number of ketones is 1. The maximum Gasteiger partial charge on any atom is 0.416 e. The van der Waals surface area contributed by atoms with E-state index in [1.807, 2.05) is 0 Å². The van der Waals surface area contributed by atoms with E-state index in [1.165, 1.54) is 6.92 Å². The number of alkyl halides is 4. The van der Waals surface area contributed by atoms with Gasteiger partial charge in [0.05, 0.1) is 23.1 Å². The lowest BCUT2D eigenvalue weighted by molar-refractivity contribution is -0.138. The van der Waals surface area contributed by atoms with E-state index < -0.39 is 17.5 Å². The van der Waals surface area contributed by atoms with Gasteiger partial charge in [0.25, 0.3) is 0 Å². The van der Waals surface area contributed by atoms with Gasteiger partial charge < -0.3 is 0 Å². The first-order valence-electron chi connectivity index (χ1n) is 4.52. The number of nitrogens with zero attached hydrogens (tertiary/aromatic N) is 1. The topological polar surface area (TPSA) is 40.9 Å². The molecule has 2 nitrogen and oxygen atoms in total. The smallest absolute Gasteiger partial charge is 0.293 e. The van der Waals surface area contributed by atoms with Gasteiger partial charge in [-0.2, -0.15) is 18.4 Å². The van der Waals surface area contributed by atoms with Crippen LogP contribution >= 0.6 is 11.6 Å². The van der Waals surface area contributed by atoms with Crippen molar-refractivity contribution in [2.45, 2.75) is 13.1 Å². The fourth-order valence-electron chi connectivity index (χ4n) is 1.41. The molecule has 17 heavy (non-hydrogen) atoms. The van der Waals surface area contributed by atoms with Gasteiger partial charge in [-0.1, -0.05) is 0 Å². The van der Waals surface area contributed by atoms with Gasteiger partial charge in [0.15, 0.2) is 5.78 Å². The Bertz CT molecular complexity index is 503. The number of rotatable bonds is 2. The molecule has 0 bridgehead atoms. The number of benzene rings is 1. The summed E-state index contributed by atoms with van der Waals surface area (Å²) in [7, 11) is 0. The number of nitriles is 1. The Hall–Kier alpha value is -1.54. The third kappa shape index (κ3) is 2.77. The largest absolute Gasteiger partial charge is 0.416 e. The van der Waals surface area contributed by atoms with Crippen LogP contribution in [0.3, 0.4) is 0 Å². The summed E-state index contributed by atoms with van der Waals surface area (Å²) >= 11 is 5.32. The second-order valence-corrected chi connectivity index (χ2v) is 3.65. The lowest BCUT2D eigenvalue weighted by Gasteiger charge is -2.12. The Balaban J connectivity index is 3.47. The first-order valence-corrected chi connectivity index (χ1v) is 5.05. The molecular formula is C11H7ClF3NO. The van der Waals surface area contributed by atoms with Gasteiger partial charge in [0.1, 0.15) is 0 Å². The summed E-state index contributed by atoms with van der Waals surface area (Å²) in [4.78, 5) is 11.3. The fraction of sp³-hybridized carbons (Fsp3) is 0.273. The van der Waals surface area contributed by atoms with Crippen molar-refractivity contribution < 1.29 is 18.0 Å². The maximum atomic E-state index is 12.6. The maximum absolute atomic E-state index is 12.6. The van der Waals surface area contributed by atoms with Gasteiger partial charge in [-0.15, -0.1) is 11.6 Å². The zero-order valence-electron chi connectivity index (χ0n) is 8.73. The molecule has 0 aromatic heterocycles. The van der Waals surface area contributed by atoms with E-state index in [0.717, 1.165) is 6.07 Å². The van der Waals surface area contributed by atoms with E-state index in [1.54, 1.807) is 6.07 Å². The minimum Gasteiger partial charge on any atom is -0.293 e. The van der Waals surface area contributed by atoms with Crippen LogP contribution in [0.1, 0.15) is 27.0 Å². The van der Waals surface area contributed by atoms with Crippen molar-refractivity contribution >= 4 is 17.4 Å². The number of halogens is 4. The highest BCUT2D eigenvalue weighted by molar-refractivity contribution is 6.30. The van der Waals surface area contributed by atoms with E-state index in [-0.39, 0.29) is 22.6 Å². The highest BCUT2D eigenvalue weighted by atomic mass is 35.5. The predicted molar refractivity (Wildman–Crippen MR) is 55.9 cm³/mol. The van der Waals surface area contributed by atoms with Crippen LogP contribution in [0.15, 0.2) is 12.1 Å². The molecule has 0 unspecified atom stereocenters. The minimum atomic E-state index is -4.54. The number of Topliss-reactive ketones (excluding diaryl/α,β-unsaturated/α-hetero) is 1. The van der Waals surface area contributed by atoms with Gasteiger partial charge in [0, 0.05) is 5.56 Å². The van der Waals surface area contributed by atoms with Crippen LogP contribution in [0, 0.1) is 18.3 Å². The molecule has 0 radical (unpaired) electrons. The molecule has 1 rings (SSSR count). The van der Waals surface area contributed by atoms with Crippen molar-refractivity contribution in [3.63, 3.8) is 0 Å². The van der Waals surface area contributed by atoms with Crippen molar-refractivity contribution in [1.82, 2.24) is 0 Å². The van der Waals surface area contributed by atoms with Gasteiger partial charge in [-0.25, -0.2) is 0 Å². The number of aryl methyl sites for hydroxylation is 1. The van der Waals surface area contributed by atoms with Crippen LogP contribution in [0.2, 0.25) is 0 Å². The lowest BCUT2D eigenvalue weighted by Crippen LogP contribution is -2.11. The molecule has 1 aromatic carbocycles. The molecular weight excluding hydrogens is 255 g/mol. The predicted octanol–water partition coefficient (Wildman–Crippen LogP) is 3.31. The Kier molecular flexibility index (Phi) is 3.79. The quantitative estimate of drug-likeness (QED) is 0.605. The molecule has 0 spiro atoms. The molecule has 6 heteroatoms. The molecule has 0 aliphatic heterocycles. The zero-order valence-corrected chi connectivity index (χ0v) is 9.49. The van der Waals surface area contributed by atoms with E-state index in [0.29, 0.717) is 6.07 Å². The van der Waals surface area contributed by atoms with Crippen LogP contribution < -0.4 is 0 Å². The van der Waals surface area contributed by atoms with E-state index in [9.17, 15) is 18.0 Å². The van der Waals surface area contributed by atoms with Crippen LogP contribution in [0.5, 0.6) is 0 Å². The average molecular weight is 262 g/mol. The third-order valence-electron chi connectivity index (χ3n) is 2.21. The number of hydrogen-bond donors (Lipinski definition) is 0. The second-order valence-electron chi connectivity index (χ2n) is 3.38. The molecule has 0 atom stereocenters. The molecule has 0 fully saturated rings. The van der Waals surface area contributed by atoms with Crippen molar-refractivity contribution in [1.29, 1.82) is 5.26 Å². The summed E-state index contributed by atoms with van der Waals surface area (Å²) in [6.07, 6.45) is -4.54. The standard InChI is InChI=1S/C11H7ClF3NO/c1-6-2-8(10(17)4-12)7(5-16)3-9(6)11(13,14)15/h2-3H,4H2,1H3. The lowest BCUT2D eigenvalue weighted by atomic mass is 9.97.